The van der Waals surface area contributed by atoms with Crippen LogP contribution in [-0.2, 0) is 17.8 Å². The lowest BCUT2D eigenvalue weighted by atomic mass is 10.0. The van der Waals surface area contributed by atoms with E-state index in [2.05, 4.69) is 0 Å². The zero-order valence-corrected chi connectivity index (χ0v) is 15.7. The van der Waals surface area contributed by atoms with Crippen molar-refractivity contribution in [3.63, 3.8) is 0 Å². The molecule has 0 bridgehead atoms. The van der Waals surface area contributed by atoms with Crippen LogP contribution in [0.4, 0.5) is 0 Å². The van der Waals surface area contributed by atoms with E-state index in [1.165, 1.54) is 19.1 Å². The van der Waals surface area contributed by atoms with Crippen LogP contribution < -0.4 is 10.3 Å². The third kappa shape index (κ3) is 3.09. The summed E-state index contributed by atoms with van der Waals surface area (Å²) in [6.45, 7) is 2.57. The van der Waals surface area contributed by atoms with E-state index in [1.54, 1.807) is 23.9 Å². The van der Waals surface area contributed by atoms with Gasteiger partial charge in [0.25, 0.3) is 5.56 Å². The van der Waals surface area contributed by atoms with Crippen LogP contribution in [0.3, 0.4) is 0 Å². The van der Waals surface area contributed by atoms with Crippen LogP contribution in [0.1, 0.15) is 19.8 Å². The number of benzene rings is 1. The summed E-state index contributed by atoms with van der Waals surface area (Å²) < 4.78 is 25.5. The van der Waals surface area contributed by atoms with Crippen molar-refractivity contribution in [3.05, 3.63) is 47.1 Å². The number of ether oxygens (including phenoxy) is 1. The summed E-state index contributed by atoms with van der Waals surface area (Å²) in [7, 11) is 0.648. The molecule has 0 N–H and O–H groups in total. The van der Waals surface area contributed by atoms with Gasteiger partial charge < -0.3 is 13.7 Å². The first-order valence-corrected chi connectivity index (χ1v) is 10.1. The van der Waals surface area contributed by atoms with Gasteiger partial charge in [0.05, 0.1) is 29.1 Å². The summed E-state index contributed by atoms with van der Waals surface area (Å²) in [6.07, 6.45) is 5.69. The second-order valence-electron chi connectivity index (χ2n) is 6.67. The molecule has 1 aliphatic rings. The van der Waals surface area contributed by atoms with E-state index in [0.717, 1.165) is 21.8 Å². The first kappa shape index (κ1) is 17.1. The van der Waals surface area contributed by atoms with Crippen molar-refractivity contribution >= 4 is 21.8 Å². The number of fused-ring (bicyclic) bond motifs is 1. The first-order chi connectivity index (χ1) is 12.6. The van der Waals surface area contributed by atoms with E-state index < -0.39 is 10.8 Å². The molecule has 0 radical (unpaired) electrons. The lowest BCUT2D eigenvalue weighted by Crippen LogP contribution is -2.15. The van der Waals surface area contributed by atoms with Crippen LogP contribution in [0.5, 0.6) is 5.75 Å². The topological polar surface area (TPSA) is 61.4 Å². The Hall–Kier alpha value is -2.34. The molecule has 1 fully saturated rings. The van der Waals surface area contributed by atoms with Crippen LogP contribution in [0.25, 0.3) is 22.1 Å². The van der Waals surface area contributed by atoms with Crippen LogP contribution in [0.2, 0.25) is 0 Å². The molecule has 136 valence electrons. The summed E-state index contributed by atoms with van der Waals surface area (Å²) >= 11 is 0. The minimum Gasteiger partial charge on any atom is -0.493 e. The SMILES string of the molecule is CCS(=O)c1ccc(OCC2CC2)c(-c2cn(C)c(=O)c3ccoc23)c1. The Balaban J connectivity index is 1.90. The van der Waals surface area contributed by atoms with Crippen molar-refractivity contribution in [2.24, 2.45) is 13.0 Å². The average molecular weight is 371 g/mol. The van der Waals surface area contributed by atoms with E-state index >= 15 is 0 Å². The Morgan fingerprint density at radius 1 is 1.27 bits per heavy atom. The fraction of sp³-hybridized carbons (Fsp3) is 0.350. The molecule has 2 heterocycles. The highest BCUT2D eigenvalue weighted by Crippen LogP contribution is 2.37. The number of nitrogens with zero attached hydrogens (tertiary/aromatic N) is 1. The van der Waals surface area contributed by atoms with Crippen LogP contribution in [0.15, 0.2) is 50.8 Å². The third-order valence-electron chi connectivity index (χ3n) is 4.72. The molecular weight excluding hydrogens is 350 g/mol. The zero-order valence-electron chi connectivity index (χ0n) is 14.9. The van der Waals surface area contributed by atoms with Gasteiger partial charge in [0, 0.05) is 35.0 Å². The average Bonchev–Trinajstić information content (AvgIpc) is 3.36. The molecule has 0 saturated heterocycles. The Morgan fingerprint density at radius 3 is 2.81 bits per heavy atom. The summed E-state index contributed by atoms with van der Waals surface area (Å²) in [5.74, 6) is 1.90. The molecule has 1 aliphatic carbocycles. The second kappa shape index (κ2) is 6.76. The number of hydrogen-bond donors (Lipinski definition) is 0. The van der Waals surface area contributed by atoms with E-state index in [4.69, 9.17) is 9.15 Å². The van der Waals surface area contributed by atoms with Gasteiger partial charge in [0.1, 0.15) is 11.3 Å². The van der Waals surface area contributed by atoms with E-state index in [-0.39, 0.29) is 5.56 Å². The Kier molecular flexibility index (Phi) is 4.44. The fourth-order valence-electron chi connectivity index (χ4n) is 3.02. The molecule has 5 nitrogen and oxygen atoms in total. The van der Waals surface area contributed by atoms with Gasteiger partial charge >= 0.3 is 0 Å². The number of aromatic nitrogens is 1. The van der Waals surface area contributed by atoms with E-state index in [1.807, 2.05) is 25.1 Å². The molecule has 0 aliphatic heterocycles. The molecule has 1 aromatic carbocycles. The van der Waals surface area contributed by atoms with E-state index in [0.29, 0.717) is 29.2 Å². The predicted octanol–water partition coefficient (Wildman–Crippen LogP) is 3.71. The van der Waals surface area contributed by atoms with Gasteiger partial charge in [-0.2, -0.15) is 0 Å². The fourth-order valence-corrected chi connectivity index (χ4v) is 3.83. The van der Waals surface area contributed by atoms with Crippen LogP contribution >= 0.6 is 0 Å². The van der Waals surface area contributed by atoms with Crippen molar-refractivity contribution < 1.29 is 13.4 Å². The predicted molar refractivity (Wildman–Crippen MR) is 102 cm³/mol. The monoisotopic (exact) mass is 371 g/mol. The zero-order chi connectivity index (χ0) is 18.3. The number of aryl methyl sites for hydroxylation is 1. The lowest BCUT2D eigenvalue weighted by Gasteiger charge is -2.14. The third-order valence-corrected chi connectivity index (χ3v) is 6.03. The molecule has 2 aromatic heterocycles. The van der Waals surface area contributed by atoms with Crippen molar-refractivity contribution in [3.8, 4) is 16.9 Å². The Bertz CT molecular complexity index is 1050. The maximum atomic E-state index is 12.3. The van der Waals surface area contributed by atoms with Gasteiger partial charge in [-0.05, 0) is 43.0 Å². The molecule has 1 unspecified atom stereocenters. The molecule has 0 spiro atoms. The van der Waals surface area contributed by atoms with Gasteiger partial charge in [-0.1, -0.05) is 6.92 Å². The summed E-state index contributed by atoms with van der Waals surface area (Å²) in [6, 6.07) is 7.30. The molecule has 1 saturated carbocycles. The highest BCUT2D eigenvalue weighted by Gasteiger charge is 2.23. The van der Waals surface area contributed by atoms with Crippen LogP contribution in [-0.4, -0.2) is 21.1 Å². The molecule has 3 aromatic rings. The highest BCUT2D eigenvalue weighted by atomic mass is 32.2. The molecule has 4 rings (SSSR count). The second-order valence-corrected chi connectivity index (χ2v) is 8.41. The number of hydrogen-bond acceptors (Lipinski definition) is 4. The molecule has 6 heteroatoms. The van der Waals surface area contributed by atoms with E-state index in [9.17, 15) is 9.00 Å². The van der Waals surface area contributed by atoms with Crippen molar-refractivity contribution in [2.75, 3.05) is 12.4 Å². The highest BCUT2D eigenvalue weighted by molar-refractivity contribution is 7.85. The van der Waals surface area contributed by atoms with Gasteiger partial charge in [-0.15, -0.1) is 0 Å². The van der Waals surface area contributed by atoms with Crippen LogP contribution in [0, 0.1) is 5.92 Å². The number of furan rings is 1. The summed E-state index contributed by atoms with van der Waals surface area (Å²) in [4.78, 5) is 13.1. The molecular formula is C20H21NO4S. The summed E-state index contributed by atoms with van der Waals surface area (Å²) in [5, 5.41) is 0.528. The number of rotatable bonds is 6. The largest absolute Gasteiger partial charge is 0.493 e. The normalized spacial score (nSPS) is 15.3. The maximum Gasteiger partial charge on any atom is 0.261 e. The van der Waals surface area contributed by atoms with Gasteiger partial charge in [0.15, 0.2) is 0 Å². The minimum absolute atomic E-state index is 0.105. The Morgan fingerprint density at radius 2 is 2.08 bits per heavy atom. The molecule has 0 amide bonds. The molecule has 26 heavy (non-hydrogen) atoms. The van der Waals surface area contributed by atoms with Crippen molar-refractivity contribution in [1.29, 1.82) is 0 Å². The smallest absolute Gasteiger partial charge is 0.261 e. The van der Waals surface area contributed by atoms with Gasteiger partial charge in [-0.3, -0.25) is 9.00 Å². The Labute approximate surface area is 154 Å². The van der Waals surface area contributed by atoms with Crippen molar-refractivity contribution in [2.45, 2.75) is 24.7 Å². The lowest BCUT2D eigenvalue weighted by molar-refractivity contribution is 0.301. The first-order valence-electron chi connectivity index (χ1n) is 8.81. The standard InChI is InChI=1S/C20H21NO4S/c1-3-26(23)14-6-7-18(25-12-13-4-5-13)16(10-14)17-11-21(2)20(22)15-8-9-24-19(15)17/h6-11,13H,3-5,12H2,1-2H3. The quantitative estimate of drug-likeness (QED) is 0.663. The van der Waals surface area contributed by atoms with Crippen molar-refractivity contribution in [1.82, 2.24) is 4.57 Å². The minimum atomic E-state index is -1.07. The summed E-state index contributed by atoms with van der Waals surface area (Å²) in [5.41, 5.74) is 2.00. The maximum absolute atomic E-state index is 12.3. The van der Waals surface area contributed by atoms with Gasteiger partial charge in [-0.25, -0.2) is 0 Å². The van der Waals surface area contributed by atoms with Gasteiger partial charge in [0.2, 0.25) is 0 Å². The molecule has 1 atom stereocenters. The number of pyridine rings is 1.